The summed E-state index contributed by atoms with van der Waals surface area (Å²) in [6.45, 7) is 1.90. The van der Waals surface area contributed by atoms with Crippen molar-refractivity contribution < 1.29 is 43.0 Å². The van der Waals surface area contributed by atoms with Gasteiger partial charge in [0.2, 0.25) is 35.4 Å². The van der Waals surface area contributed by atoms with Gasteiger partial charge in [0.05, 0.1) is 20.3 Å². The van der Waals surface area contributed by atoms with Gasteiger partial charge in [-0.15, -0.1) is 0 Å². The molecular formula is C61H68N8O9. The van der Waals surface area contributed by atoms with E-state index in [9.17, 15) is 4.79 Å². The van der Waals surface area contributed by atoms with Crippen LogP contribution in [0.15, 0.2) is 134 Å². The summed E-state index contributed by atoms with van der Waals surface area (Å²) in [6.07, 6.45) is 4.21. The predicted molar refractivity (Wildman–Crippen MR) is 293 cm³/mol. The van der Waals surface area contributed by atoms with E-state index in [1.54, 1.807) is 13.3 Å². The van der Waals surface area contributed by atoms with Crippen LogP contribution in [0.1, 0.15) is 59.1 Å². The predicted octanol–water partition coefficient (Wildman–Crippen LogP) is 4.70. The van der Waals surface area contributed by atoms with Crippen molar-refractivity contribution in [1.82, 2.24) is 41.4 Å². The third-order valence-corrected chi connectivity index (χ3v) is 15.6. The first-order chi connectivity index (χ1) is 38.1. The Kier molecular flexibility index (Phi) is 17.1. The zero-order chi connectivity index (χ0) is 54.0. The highest BCUT2D eigenvalue weighted by Gasteiger charge is 2.45. The maximum atomic E-state index is 15.7. The highest BCUT2D eigenvalue weighted by Crippen LogP contribution is 2.31. The fourth-order valence-corrected chi connectivity index (χ4v) is 11.3. The van der Waals surface area contributed by atoms with Crippen LogP contribution >= 0.6 is 0 Å². The van der Waals surface area contributed by atoms with Crippen molar-refractivity contribution >= 4 is 46.3 Å². The molecule has 406 valence electrons. The van der Waals surface area contributed by atoms with E-state index in [1.807, 2.05) is 127 Å². The summed E-state index contributed by atoms with van der Waals surface area (Å²) >= 11 is 0. The molecular weight excluding hydrogens is 989 g/mol. The van der Waals surface area contributed by atoms with Gasteiger partial charge in [0.15, 0.2) is 0 Å². The Balaban J connectivity index is 1.04. The molecule has 5 heterocycles. The van der Waals surface area contributed by atoms with Crippen molar-refractivity contribution in [2.45, 2.75) is 101 Å². The van der Waals surface area contributed by atoms with E-state index < -0.39 is 71.7 Å². The molecule has 17 nitrogen and oxygen atoms in total. The molecule has 5 aromatic carbocycles. The van der Waals surface area contributed by atoms with Crippen LogP contribution in [0.5, 0.6) is 11.5 Å². The van der Waals surface area contributed by atoms with E-state index in [0.29, 0.717) is 35.7 Å². The van der Waals surface area contributed by atoms with Gasteiger partial charge >= 0.3 is 0 Å². The number of nitrogens with zero attached hydrogens (tertiary/aromatic N) is 2. The number of fused-ring (bicyclic) bond motifs is 4. The lowest BCUT2D eigenvalue weighted by molar-refractivity contribution is -0.157. The van der Waals surface area contributed by atoms with Crippen LogP contribution < -0.4 is 36.1 Å². The fourth-order valence-electron chi connectivity index (χ4n) is 11.3. The second-order valence-corrected chi connectivity index (χ2v) is 20.8. The number of nitrogens with one attached hydrogen (secondary N) is 6. The van der Waals surface area contributed by atoms with Gasteiger partial charge in [0.1, 0.15) is 54.4 Å². The zero-order valence-electron chi connectivity index (χ0n) is 43.9. The minimum atomic E-state index is -1.27. The Hall–Kier alpha value is -8.02. The molecule has 4 aliphatic heterocycles. The second-order valence-electron chi connectivity index (χ2n) is 20.8. The van der Waals surface area contributed by atoms with E-state index in [-0.39, 0.29) is 64.3 Å². The van der Waals surface area contributed by atoms with Crippen molar-refractivity contribution in [3.05, 3.63) is 167 Å². The Morgan fingerprint density at radius 1 is 0.603 bits per heavy atom. The summed E-state index contributed by atoms with van der Waals surface area (Å²) in [4.78, 5) is 97.8. The van der Waals surface area contributed by atoms with Crippen molar-refractivity contribution in [3.63, 3.8) is 0 Å². The molecule has 0 bridgehead atoms. The summed E-state index contributed by atoms with van der Waals surface area (Å²) < 4.78 is 17.8. The van der Waals surface area contributed by atoms with Gasteiger partial charge in [-0.05, 0) is 109 Å². The smallest absolute Gasteiger partial charge is 0.246 e. The molecule has 6 aromatic rings. The molecule has 6 N–H and O–H groups in total. The molecule has 0 spiro atoms. The molecule has 17 heteroatoms. The van der Waals surface area contributed by atoms with Gasteiger partial charge in [-0.2, -0.15) is 0 Å². The van der Waals surface area contributed by atoms with Gasteiger partial charge in [-0.1, -0.05) is 103 Å². The lowest BCUT2D eigenvalue weighted by Crippen LogP contribution is -2.65. The van der Waals surface area contributed by atoms with Crippen molar-refractivity contribution in [1.29, 1.82) is 0 Å². The molecule has 0 aliphatic carbocycles. The van der Waals surface area contributed by atoms with Crippen LogP contribution in [0.3, 0.4) is 0 Å². The Morgan fingerprint density at radius 3 is 2.03 bits per heavy atom. The van der Waals surface area contributed by atoms with Crippen LogP contribution in [0.25, 0.3) is 10.9 Å². The molecule has 0 radical (unpaired) electrons. The summed E-state index contributed by atoms with van der Waals surface area (Å²) in [5, 5.41) is 16.3. The standard InChI is InChI=1S/C61H68N8O9/c1-76-54-18-10-17-47-55(54)45(35-63-47)33-50-58(72)65-49(31-41-25-27-62-28-26-41)57(71)67-51(32-40-19-22-46(23-20-40)78-37-42-13-6-3-7-14-42)60(74)69-36-44-16-9-8-15-43(44)34-52(69)61(75)68-29-30-77-38-53(68)59(73)64-48(56(70)66-50)24-21-39-11-4-2-5-12-39/h2-20,22-23,35,41,48-53,62-63H,21,24-34,36-38H2,1H3,(H,64,73)(H,65,72)(H,66,70)(H,67,71)/t48-,49?,50-,51+,52+,53+/m1/s1. The highest BCUT2D eigenvalue weighted by molar-refractivity contribution is 5.99. The summed E-state index contributed by atoms with van der Waals surface area (Å²) in [5.74, 6) is -2.20. The Morgan fingerprint density at radius 2 is 1.27 bits per heavy atom. The van der Waals surface area contributed by atoms with Crippen LogP contribution in [0, 0.1) is 5.92 Å². The molecule has 3 saturated heterocycles. The monoisotopic (exact) mass is 1060 g/mol. The number of aromatic nitrogens is 1. The SMILES string of the molecule is COc1cccc2[nH]cc(C[C@H]3NC(=O)[C@@H](CCc4ccccc4)NC(=O)[C@@H]4COCCN4C(=O)[C@@H]4Cc5ccccc5CN4C(=O)[C@H](Cc4ccc(OCc5ccccc5)cc4)NC(=O)C(CC4CCNCC4)NC3=O)c12. The normalized spacial score (nSPS) is 22.9. The summed E-state index contributed by atoms with van der Waals surface area (Å²) in [5.41, 5.74) is 5.80. The maximum absolute atomic E-state index is 15.7. The average Bonchev–Trinajstić information content (AvgIpc) is 4.01. The van der Waals surface area contributed by atoms with E-state index in [0.717, 1.165) is 59.1 Å². The van der Waals surface area contributed by atoms with Crippen molar-refractivity contribution in [3.8, 4) is 11.5 Å². The van der Waals surface area contributed by atoms with Crippen LogP contribution in [0.4, 0.5) is 0 Å². The van der Waals surface area contributed by atoms with E-state index in [2.05, 4.69) is 31.6 Å². The molecule has 1 aromatic heterocycles. The number of benzene rings is 5. The topological polar surface area (TPSA) is 213 Å². The maximum Gasteiger partial charge on any atom is 0.246 e. The van der Waals surface area contributed by atoms with Crippen molar-refractivity contribution in [2.75, 3.05) is 40.0 Å². The lowest BCUT2D eigenvalue weighted by atomic mass is 9.89. The lowest BCUT2D eigenvalue weighted by Gasteiger charge is -2.43. The molecule has 6 atom stereocenters. The van der Waals surface area contributed by atoms with Crippen LogP contribution in [-0.4, -0.2) is 126 Å². The minimum Gasteiger partial charge on any atom is -0.496 e. The van der Waals surface area contributed by atoms with Gasteiger partial charge in [0.25, 0.3) is 0 Å². The van der Waals surface area contributed by atoms with E-state index in [1.165, 1.54) is 9.80 Å². The number of piperidine rings is 1. The number of carbonyl (C=O) groups excluding carboxylic acids is 6. The number of morpholine rings is 1. The number of aromatic amines is 1. The number of H-pyrrole nitrogens is 1. The number of hydrogen-bond acceptors (Lipinski definition) is 10. The van der Waals surface area contributed by atoms with Gasteiger partial charge < -0.3 is 55.6 Å². The first kappa shape index (κ1) is 53.4. The van der Waals surface area contributed by atoms with Crippen LogP contribution in [0.2, 0.25) is 0 Å². The van der Waals surface area contributed by atoms with Gasteiger partial charge in [-0.25, -0.2) is 0 Å². The minimum absolute atomic E-state index is 0.0261. The number of ether oxygens (including phenoxy) is 3. The van der Waals surface area contributed by atoms with E-state index >= 15 is 24.0 Å². The largest absolute Gasteiger partial charge is 0.496 e. The first-order valence-electron chi connectivity index (χ1n) is 27.2. The molecule has 0 saturated carbocycles. The zero-order valence-corrected chi connectivity index (χ0v) is 43.9. The first-order valence-corrected chi connectivity index (χ1v) is 27.2. The van der Waals surface area contributed by atoms with Crippen LogP contribution in [-0.2, 0) is 72.3 Å². The number of amides is 6. The van der Waals surface area contributed by atoms with Gasteiger partial charge in [-0.3, -0.25) is 28.8 Å². The second kappa shape index (κ2) is 25.0. The van der Waals surface area contributed by atoms with E-state index in [4.69, 9.17) is 14.2 Å². The Bertz CT molecular complexity index is 3070. The van der Waals surface area contributed by atoms with Gasteiger partial charge in [0, 0.05) is 49.5 Å². The third kappa shape index (κ3) is 12.7. The number of aryl methyl sites for hydroxylation is 1. The molecule has 6 amide bonds. The summed E-state index contributed by atoms with van der Waals surface area (Å²) in [7, 11) is 1.56. The number of rotatable bonds is 13. The third-order valence-electron chi connectivity index (χ3n) is 15.6. The highest BCUT2D eigenvalue weighted by atomic mass is 16.5. The number of carbonyl (C=O) groups is 6. The molecule has 4 aliphatic rings. The Labute approximate surface area is 454 Å². The molecule has 78 heavy (non-hydrogen) atoms. The quantitative estimate of drug-likeness (QED) is 0.0939. The van der Waals surface area contributed by atoms with Crippen molar-refractivity contribution in [2.24, 2.45) is 5.92 Å². The average molecular weight is 1060 g/mol. The summed E-state index contributed by atoms with van der Waals surface area (Å²) in [6, 6.07) is 32.8. The molecule has 3 fully saturated rings. The molecule has 1 unspecified atom stereocenters. The number of hydrogen-bond donors (Lipinski definition) is 6. The fraction of sp³-hybridized carbons (Fsp3) is 0.377. The number of methoxy groups -OCH3 is 1. The molecule has 10 rings (SSSR count).